The average molecular weight is 384 g/mol. The van der Waals surface area contributed by atoms with E-state index in [0.717, 1.165) is 25.8 Å². The predicted octanol–water partition coefficient (Wildman–Crippen LogP) is 4.77. The Labute approximate surface area is 128 Å². The van der Waals surface area contributed by atoms with Crippen molar-refractivity contribution in [2.24, 2.45) is 0 Å². The monoisotopic (exact) mass is 382 g/mol. The van der Waals surface area contributed by atoms with E-state index in [4.69, 9.17) is 4.74 Å². The van der Waals surface area contributed by atoms with Crippen LogP contribution in [-0.2, 0) is 0 Å². The molecule has 1 aliphatic rings. The molecule has 2 aromatic carbocycles. The van der Waals surface area contributed by atoms with Gasteiger partial charge in [-0.15, -0.1) is 0 Å². The molecule has 0 spiro atoms. The summed E-state index contributed by atoms with van der Waals surface area (Å²) in [6, 6.07) is 13.7. The van der Waals surface area contributed by atoms with E-state index in [1.165, 1.54) is 0 Å². The second kappa shape index (κ2) is 5.27. The van der Waals surface area contributed by atoms with Gasteiger partial charge in [0.2, 0.25) is 0 Å². The van der Waals surface area contributed by atoms with E-state index in [1.807, 2.05) is 42.5 Å². The third-order valence-electron chi connectivity index (χ3n) is 3.29. The highest BCUT2D eigenvalue weighted by Gasteiger charge is 2.29. The highest BCUT2D eigenvalue weighted by atomic mass is 79.9. The first-order valence-electron chi connectivity index (χ1n) is 6.04. The molecule has 98 valence electrons. The highest BCUT2D eigenvalue weighted by molar-refractivity contribution is 9.10. The van der Waals surface area contributed by atoms with Gasteiger partial charge in [0, 0.05) is 26.5 Å². The maximum atomic E-state index is 10.3. The first-order chi connectivity index (χ1) is 9.15. The lowest BCUT2D eigenvalue weighted by atomic mass is 9.95. The summed E-state index contributed by atoms with van der Waals surface area (Å²) in [6.07, 6.45) is -0.0656. The number of fused-ring (bicyclic) bond motifs is 1. The highest BCUT2D eigenvalue weighted by Crippen LogP contribution is 2.43. The maximum absolute atomic E-state index is 10.3. The summed E-state index contributed by atoms with van der Waals surface area (Å²) in [4.78, 5) is 0. The quantitative estimate of drug-likeness (QED) is 0.768. The van der Waals surface area contributed by atoms with Gasteiger partial charge in [0.05, 0.1) is 6.10 Å². The summed E-state index contributed by atoms with van der Waals surface area (Å²) in [5, 5.41) is 10.3. The molecule has 4 heteroatoms. The van der Waals surface area contributed by atoms with Gasteiger partial charge < -0.3 is 9.84 Å². The van der Waals surface area contributed by atoms with Gasteiger partial charge in [0.25, 0.3) is 0 Å². The van der Waals surface area contributed by atoms with Crippen molar-refractivity contribution in [3.05, 3.63) is 62.5 Å². The van der Waals surface area contributed by atoms with Crippen molar-refractivity contribution in [1.82, 2.24) is 0 Å². The fraction of sp³-hybridized carbons (Fsp3) is 0.200. The van der Waals surface area contributed by atoms with Gasteiger partial charge in [-0.1, -0.05) is 50.1 Å². The molecule has 0 radical (unpaired) electrons. The molecular weight excluding hydrogens is 372 g/mol. The standard InChI is InChI=1S/C15H12Br2O2/c16-9-5-6-14-11(7-9)13(18)8-15(19-14)10-3-1-2-4-12(10)17/h1-7,13,15,18H,8H2/t13-,15?/m0/s1. The Morgan fingerprint density at radius 2 is 1.84 bits per heavy atom. The smallest absolute Gasteiger partial charge is 0.128 e. The molecule has 19 heavy (non-hydrogen) atoms. The van der Waals surface area contributed by atoms with Crippen molar-refractivity contribution in [3.63, 3.8) is 0 Å². The molecule has 0 bridgehead atoms. The Bertz CT molecular complexity index is 613. The number of ether oxygens (including phenoxy) is 1. The van der Waals surface area contributed by atoms with Crippen LogP contribution in [0.25, 0.3) is 0 Å². The van der Waals surface area contributed by atoms with E-state index in [2.05, 4.69) is 31.9 Å². The number of aliphatic hydroxyl groups excluding tert-OH is 1. The first kappa shape index (κ1) is 13.2. The molecule has 2 nitrogen and oxygen atoms in total. The van der Waals surface area contributed by atoms with Crippen molar-refractivity contribution < 1.29 is 9.84 Å². The average Bonchev–Trinajstić information content (AvgIpc) is 2.40. The van der Waals surface area contributed by atoms with E-state index in [9.17, 15) is 5.11 Å². The van der Waals surface area contributed by atoms with Gasteiger partial charge in [-0.2, -0.15) is 0 Å². The van der Waals surface area contributed by atoms with Gasteiger partial charge in [-0.05, 0) is 24.3 Å². The molecule has 0 saturated heterocycles. The van der Waals surface area contributed by atoms with E-state index in [-0.39, 0.29) is 6.10 Å². The van der Waals surface area contributed by atoms with Crippen molar-refractivity contribution in [2.75, 3.05) is 0 Å². The Kier molecular flexibility index (Phi) is 3.65. The zero-order chi connectivity index (χ0) is 13.4. The Morgan fingerprint density at radius 1 is 1.05 bits per heavy atom. The molecule has 3 rings (SSSR count). The number of rotatable bonds is 1. The van der Waals surface area contributed by atoms with E-state index >= 15 is 0 Å². The van der Waals surface area contributed by atoms with Crippen LogP contribution in [0.1, 0.15) is 29.8 Å². The molecule has 0 aromatic heterocycles. The lowest BCUT2D eigenvalue weighted by Crippen LogP contribution is -2.19. The van der Waals surface area contributed by atoms with Crippen molar-refractivity contribution >= 4 is 31.9 Å². The maximum Gasteiger partial charge on any atom is 0.128 e. The van der Waals surface area contributed by atoms with Crippen LogP contribution in [0.15, 0.2) is 51.4 Å². The number of aliphatic hydroxyl groups is 1. The summed E-state index contributed by atoms with van der Waals surface area (Å²) >= 11 is 6.95. The molecule has 0 saturated carbocycles. The van der Waals surface area contributed by atoms with Crippen molar-refractivity contribution in [1.29, 1.82) is 0 Å². The molecule has 0 aliphatic carbocycles. The van der Waals surface area contributed by atoms with Crippen LogP contribution in [0.5, 0.6) is 5.75 Å². The largest absolute Gasteiger partial charge is 0.485 e. The summed E-state index contributed by atoms with van der Waals surface area (Å²) in [5.41, 5.74) is 1.91. The number of halogens is 2. The SMILES string of the molecule is O[C@H]1CC(c2ccccc2Br)Oc2ccc(Br)cc21. The molecule has 2 atom stereocenters. The Hall–Kier alpha value is -0.840. The zero-order valence-corrected chi connectivity index (χ0v) is 13.2. The summed E-state index contributed by atoms with van der Waals surface area (Å²) in [6.45, 7) is 0. The molecule has 0 fully saturated rings. The lowest BCUT2D eigenvalue weighted by molar-refractivity contribution is 0.0653. The topological polar surface area (TPSA) is 29.5 Å². The van der Waals surface area contributed by atoms with Crippen LogP contribution >= 0.6 is 31.9 Å². The molecular formula is C15H12Br2O2. The molecule has 0 amide bonds. The molecule has 2 aromatic rings. The van der Waals surface area contributed by atoms with Gasteiger partial charge in [0.1, 0.15) is 11.9 Å². The van der Waals surface area contributed by atoms with E-state index < -0.39 is 6.10 Å². The normalized spacial score (nSPS) is 21.6. The molecule has 1 aliphatic heterocycles. The van der Waals surface area contributed by atoms with E-state index in [0.29, 0.717) is 6.42 Å². The van der Waals surface area contributed by atoms with Gasteiger partial charge in [-0.3, -0.25) is 0 Å². The molecule has 1 heterocycles. The van der Waals surface area contributed by atoms with Crippen LogP contribution in [-0.4, -0.2) is 5.11 Å². The Balaban J connectivity index is 1.97. The van der Waals surface area contributed by atoms with Crippen LogP contribution < -0.4 is 4.74 Å². The van der Waals surface area contributed by atoms with Crippen LogP contribution in [0, 0.1) is 0 Å². The van der Waals surface area contributed by atoms with Gasteiger partial charge >= 0.3 is 0 Å². The van der Waals surface area contributed by atoms with Crippen LogP contribution in [0.4, 0.5) is 0 Å². The second-order valence-corrected chi connectivity index (χ2v) is 6.33. The summed E-state index contributed by atoms with van der Waals surface area (Å²) in [7, 11) is 0. The summed E-state index contributed by atoms with van der Waals surface area (Å²) < 4.78 is 7.97. The summed E-state index contributed by atoms with van der Waals surface area (Å²) in [5.74, 6) is 0.753. The third kappa shape index (κ3) is 2.57. The zero-order valence-electron chi connectivity index (χ0n) is 10.0. The minimum absolute atomic E-state index is 0.126. The van der Waals surface area contributed by atoms with Gasteiger partial charge in [-0.25, -0.2) is 0 Å². The second-order valence-electron chi connectivity index (χ2n) is 4.56. The molecule has 1 unspecified atom stereocenters. The molecule has 1 N–H and O–H groups in total. The number of benzene rings is 2. The number of hydrogen-bond acceptors (Lipinski definition) is 2. The lowest BCUT2D eigenvalue weighted by Gasteiger charge is -2.30. The fourth-order valence-electron chi connectivity index (χ4n) is 2.34. The van der Waals surface area contributed by atoms with Crippen LogP contribution in [0.2, 0.25) is 0 Å². The fourth-order valence-corrected chi connectivity index (χ4v) is 3.26. The Morgan fingerprint density at radius 3 is 2.63 bits per heavy atom. The van der Waals surface area contributed by atoms with E-state index in [1.54, 1.807) is 0 Å². The van der Waals surface area contributed by atoms with Gasteiger partial charge in [0.15, 0.2) is 0 Å². The predicted molar refractivity (Wildman–Crippen MR) is 81.2 cm³/mol. The number of hydrogen-bond donors (Lipinski definition) is 1. The minimum Gasteiger partial charge on any atom is -0.485 e. The van der Waals surface area contributed by atoms with Crippen molar-refractivity contribution in [3.8, 4) is 5.75 Å². The first-order valence-corrected chi connectivity index (χ1v) is 7.62. The third-order valence-corrected chi connectivity index (χ3v) is 4.50. The van der Waals surface area contributed by atoms with Crippen molar-refractivity contribution in [2.45, 2.75) is 18.6 Å². The minimum atomic E-state index is -0.502. The van der Waals surface area contributed by atoms with Crippen LogP contribution in [0.3, 0.4) is 0 Å².